The van der Waals surface area contributed by atoms with Crippen LogP contribution >= 0.6 is 11.8 Å². The maximum atomic E-state index is 6.21. The average molecular weight is 297 g/mol. The van der Waals surface area contributed by atoms with Crippen LogP contribution in [0.5, 0.6) is 0 Å². The number of thioether (sulfide) groups is 1. The monoisotopic (exact) mass is 297 g/mol. The molecule has 4 aliphatic rings. The lowest BCUT2D eigenvalue weighted by Gasteiger charge is -2.53. The standard InChI is InChI=1S/C16H27NO2S/c1-2-14(3-1)17-11-16(12-17)8-15(10-20-16)19-9-13-4-6-18-7-5-13/h13-15H,1-12H2. The summed E-state index contributed by atoms with van der Waals surface area (Å²) in [4.78, 5) is 2.72. The molecule has 4 heteroatoms. The fourth-order valence-corrected chi connectivity index (χ4v) is 5.59. The Morgan fingerprint density at radius 3 is 2.65 bits per heavy atom. The Morgan fingerprint density at radius 2 is 1.95 bits per heavy atom. The third-order valence-electron chi connectivity index (χ3n) is 5.66. The first kappa shape index (κ1) is 13.9. The molecule has 1 atom stereocenters. The molecule has 0 amide bonds. The first-order chi connectivity index (χ1) is 9.83. The van der Waals surface area contributed by atoms with Crippen molar-refractivity contribution in [2.24, 2.45) is 5.92 Å². The molecule has 3 saturated heterocycles. The topological polar surface area (TPSA) is 21.7 Å². The molecule has 0 aromatic rings. The second-order valence-corrected chi connectivity index (χ2v) is 8.69. The first-order valence-electron chi connectivity index (χ1n) is 8.40. The van der Waals surface area contributed by atoms with E-state index in [1.165, 1.54) is 57.4 Å². The van der Waals surface area contributed by atoms with Crippen molar-refractivity contribution in [2.75, 3.05) is 38.7 Å². The SMILES string of the molecule is C1CC(N2CC3(CC(OCC4CCOCC4)CS3)C2)C1. The Hall–Kier alpha value is 0.230. The fourth-order valence-electron chi connectivity index (χ4n) is 4.02. The third-order valence-corrected chi connectivity index (χ3v) is 7.23. The predicted octanol–water partition coefficient (Wildman–Crippen LogP) is 2.54. The average Bonchev–Trinajstić information content (AvgIpc) is 2.80. The summed E-state index contributed by atoms with van der Waals surface area (Å²) in [5.41, 5.74) is 0. The molecule has 3 heterocycles. The second-order valence-electron chi connectivity index (χ2n) is 7.20. The van der Waals surface area contributed by atoms with E-state index in [1.807, 2.05) is 0 Å². The van der Waals surface area contributed by atoms with Crippen molar-refractivity contribution in [3.8, 4) is 0 Å². The van der Waals surface area contributed by atoms with Gasteiger partial charge < -0.3 is 9.47 Å². The van der Waals surface area contributed by atoms with Crippen LogP contribution in [0.3, 0.4) is 0 Å². The Labute approximate surface area is 126 Å². The molecule has 4 fully saturated rings. The minimum absolute atomic E-state index is 0.520. The van der Waals surface area contributed by atoms with Crippen LogP contribution < -0.4 is 0 Å². The summed E-state index contributed by atoms with van der Waals surface area (Å²) in [6.07, 6.45) is 8.56. The van der Waals surface area contributed by atoms with Crippen LogP contribution in [-0.4, -0.2) is 60.5 Å². The number of likely N-dealkylation sites (tertiary alicyclic amines) is 1. The molecule has 1 saturated carbocycles. The highest BCUT2D eigenvalue weighted by Crippen LogP contribution is 2.48. The van der Waals surface area contributed by atoms with Crippen LogP contribution in [0.2, 0.25) is 0 Å². The van der Waals surface area contributed by atoms with E-state index in [4.69, 9.17) is 9.47 Å². The third kappa shape index (κ3) is 2.77. The van der Waals surface area contributed by atoms with Crippen molar-refractivity contribution < 1.29 is 9.47 Å². The molecule has 3 aliphatic heterocycles. The number of rotatable bonds is 4. The molecular weight excluding hydrogens is 270 g/mol. The van der Waals surface area contributed by atoms with E-state index in [0.29, 0.717) is 10.9 Å². The van der Waals surface area contributed by atoms with E-state index in [2.05, 4.69) is 16.7 Å². The highest BCUT2D eigenvalue weighted by molar-refractivity contribution is 8.01. The lowest BCUT2D eigenvalue weighted by atomic mass is 9.84. The molecule has 114 valence electrons. The van der Waals surface area contributed by atoms with E-state index in [1.54, 1.807) is 0 Å². The highest BCUT2D eigenvalue weighted by Gasteiger charge is 2.51. The van der Waals surface area contributed by atoms with Crippen molar-refractivity contribution in [3.05, 3.63) is 0 Å². The van der Waals surface area contributed by atoms with Gasteiger partial charge in [-0.1, -0.05) is 6.42 Å². The van der Waals surface area contributed by atoms with Gasteiger partial charge in [0.15, 0.2) is 0 Å². The zero-order valence-electron chi connectivity index (χ0n) is 12.4. The molecule has 3 nitrogen and oxygen atoms in total. The minimum Gasteiger partial charge on any atom is -0.381 e. The fraction of sp³-hybridized carbons (Fsp3) is 1.00. The van der Waals surface area contributed by atoms with Crippen LogP contribution in [-0.2, 0) is 9.47 Å². The van der Waals surface area contributed by atoms with Gasteiger partial charge in [-0.2, -0.15) is 0 Å². The molecule has 1 unspecified atom stereocenters. The molecule has 4 rings (SSSR count). The van der Waals surface area contributed by atoms with E-state index in [9.17, 15) is 0 Å². The zero-order chi connectivity index (χ0) is 13.4. The Bertz CT molecular complexity index is 335. The molecule has 20 heavy (non-hydrogen) atoms. The van der Waals surface area contributed by atoms with Gasteiger partial charge in [-0.05, 0) is 38.0 Å². The summed E-state index contributed by atoms with van der Waals surface area (Å²) in [7, 11) is 0. The summed E-state index contributed by atoms with van der Waals surface area (Å²) in [5, 5.41) is 0. The molecule has 1 spiro atoms. The first-order valence-corrected chi connectivity index (χ1v) is 9.39. The van der Waals surface area contributed by atoms with Gasteiger partial charge in [0.25, 0.3) is 0 Å². The molecule has 0 radical (unpaired) electrons. The molecule has 0 bridgehead atoms. The summed E-state index contributed by atoms with van der Waals surface area (Å²) in [6.45, 7) is 5.51. The van der Waals surface area contributed by atoms with Gasteiger partial charge in [-0.15, -0.1) is 11.8 Å². The second kappa shape index (κ2) is 5.79. The molecule has 0 aromatic carbocycles. The molecule has 0 aromatic heterocycles. The van der Waals surface area contributed by atoms with Gasteiger partial charge in [0.2, 0.25) is 0 Å². The number of nitrogens with zero attached hydrogens (tertiary/aromatic N) is 1. The lowest BCUT2D eigenvalue weighted by molar-refractivity contribution is -0.0216. The number of hydrogen-bond acceptors (Lipinski definition) is 4. The van der Waals surface area contributed by atoms with E-state index in [-0.39, 0.29) is 0 Å². The minimum atomic E-state index is 0.520. The van der Waals surface area contributed by atoms with E-state index in [0.717, 1.165) is 31.8 Å². The van der Waals surface area contributed by atoms with E-state index >= 15 is 0 Å². The quantitative estimate of drug-likeness (QED) is 0.795. The van der Waals surface area contributed by atoms with Crippen LogP contribution in [0.4, 0.5) is 0 Å². The van der Waals surface area contributed by atoms with Gasteiger partial charge in [-0.25, -0.2) is 0 Å². The van der Waals surface area contributed by atoms with Crippen molar-refractivity contribution in [2.45, 2.75) is 55.4 Å². The van der Waals surface area contributed by atoms with Crippen molar-refractivity contribution in [3.63, 3.8) is 0 Å². The van der Waals surface area contributed by atoms with Crippen LogP contribution in [0.1, 0.15) is 38.5 Å². The normalized spacial score (nSPS) is 35.1. The predicted molar refractivity (Wildman–Crippen MR) is 82.3 cm³/mol. The van der Waals surface area contributed by atoms with Gasteiger partial charge >= 0.3 is 0 Å². The smallest absolute Gasteiger partial charge is 0.0680 e. The number of ether oxygens (including phenoxy) is 2. The van der Waals surface area contributed by atoms with Crippen molar-refractivity contribution >= 4 is 11.8 Å². The van der Waals surface area contributed by atoms with Crippen molar-refractivity contribution in [1.29, 1.82) is 0 Å². The Balaban J connectivity index is 1.19. The van der Waals surface area contributed by atoms with Gasteiger partial charge in [0, 0.05) is 49.5 Å². The maximum Gasteiger partial charge on any atom is 0.0680 e. The summed E-state index contributed by atoms with van der Waals surface area (Å²) in [6, 6.07) is 0.934. The van der Waals surface area contributed by atoms with Gasteiger partial charge in [-0.3, -0.25) is 4.90 Å². The van der Waals surface area contributed by atoms with Crippen LogP contribution in [0.15, 0.2) is 0 Å². The molecular formula is C16H27NO2S. The van der Waals surface area contributed by atoms with Crippen LogP contribution in [0, 0.1) is 5.92 Å². The summed E-state index contributed by atoms with van der Waals surface area (Å²) in [5.74, 6) is 1.97. The summed E-state index contributed by atoms with van der Waals surface area (Å²) >= 11 is 2.19. The lowest BCUT2D eigenvalue weighted by Crippen LogP contribution is -2.63. The Kier molecular flexibility index (Phi) is 4.01. The highest BCUT2D eigenvalue weighted by atomic mass is 32.2. The van der Waals surface area contributed by atoms with Gasteiger partial charge in [0.1, 0.15) is 0 Å². The number of hydrogen-bond donors (Lipinski definition) is 0. The molecule has 0 N–H and O–H groups in total. The van der Waals surface area contributed by atoms with E-state index < -0.39 is 0 Å². The van der Waals surface area contributed by atoms with Crippen molar-refractivity contribution in [1.82, 2.24) is 4.90 Å². The largest absolute Gasteiger partial charge is 0.381 e. The van der Waals surface area contributed by atoms with Crippen LogP contribution in [0.25, 0.3) is 0 Å². The summed E-state index contributed by atoms with van der Waals surface area (Å²) < 4.78 is 12.2. The Morgan fingerprint density at radius 1 is 1.15 bits per heavy atom. The molecule has 1 aliphatic carbocycles. The zero-order valence-corrected chi connectivity index (χ0v) is 13.2. The van der Waals surface area contributed by atoms with Gasteiger partial charge in [0.05, 0.1) is 6.10 Å². The maximum absolute atomic E-state index is 6.21.